The first-order chi connectivity index (χ1) is 16.1. The highest BCUT2D eigenvalue weighted by atomic mass is 32.2. The van der Waals surface area contributed by atoms with Gasteiger partial charge in [-0.15, -0.1) is 0 Å². The molecular weight excluding hydrogens is 461 g/mol. The van der Waals surface area contributed by atoms with E-state index in [1.807, 2.05) is 19.1 Å². The zero-order valence-corrected chi connectivity index (χ0v) is 20.8. The first kappa shape index (κ1) is 27.1. The van der Waals surface area contributed by atoms with Crippen molar-refractivity contribution < 1.29 is 27.1 Å². The Morgan fingerprint density at radius 1 is 1.09 bits per heavy atom. The largest absolute Gasteiger partial charge is 0.497 e. The normalized spacial score (nSPS) is 12.0. The second-order valence-electron chi connectivity index (χ2n) is 7.82. The third-order valence-corrected chi connectivity index (χ3v) is 6.61. The molecule has 0 bridgehead atoms. The van der Waals surface area contributed by atoms with Gasteiger partial charge in [0.15, 0.2) is 0 Å². The van der Waals surface area contributed by atoms with E-state index in [0.717, 1.165) is 16.1 Å². The monoisotopic (exact) mass is 493 g/mol. The number of carbonyl (C=O) groups excluding carboxylic acids is 2. The van der Waals surface area contributed by atoms with Crippen LogP contribution in [-0.4, -0.2) is 58.1 Å². The van der Waals surface area contributed by atoms with Crippen molar-refractivity contribution in [3.05, 3.63) is 59.9 Å². The highest BCUT2D eigenvalue weighted by Gasteiger charge is 2.28. The van der Waals surface area contributed by atoms with E-state index in [0.29, 0.717) is 17.9 Å². The Morgan fingerprint density at radius 2 is 1.71 bits per heavy atom. The number of ether oxygens (including phenoxy) is 1. The molecule has 0 radical (unpaired) electrons. The smallest absolute Gasteiger partial charge is 0.242 e. The van der Waals surface area contributed by atoms with Gasteiger partial charge in [-0.05, 0) is 54.8 Å². The quantitative estimate of drug-likeness (QED) is 0.491. The van der Waals surface area contributed by atoms with Gasteiger partial charge in [0, 0.05) is 26.6 Å². The molecule has 10 heteroatoms. The number of nitrogens with one attached hydrogen (secondary N) is 1. The number of amides is 2. The number of anilines is 1. The molecule has 34 heavy (non-hydrogen) atoms. The van der Waals surface area contributed by atoms with E-state index in [-0.39, 0.29) is 37.7 Å². The highest BCUT2D eigenvalue weighted by Crippen LogP contribution is 2.20. The lowest BCUT2D eigenvalue weighted by Crippen LogP contribution is -2.48. The van der Waals surface area contributed by atoms with Crippen LogP contribution >= 0.6 is 0 Å². The van der Waals surface area contributed by atoms with Gasteiger partial charge in [-0.1, -0.05) is 19.1 Å². The Balaban J connectivity index is 2.17. The van der Waals surface area contributed by atoms with Gasteiger partial charge >= 0.3 is 0 Å². The van der Waals surface area contributed by atoms with E-state index in [9.17, 15) is 22.4 Å². The molecule has 0 aromatic heterocycles. The minimum absolute atomic E-state index is 0.0386. The Morgan fingerprint density at radius 3 is 2.21 bits per heavy atom. The van der Waals surface area contributed by atoms with Crippen LogP contribution in [0.25, 0.3) is 0 Å². The fourth-order valence-corrected chi connectivity index (χ4v) is 4.59. The molecule has 0 aliphatic heterocycles. The molecule has 2 amide bonds. The lowest BCUT2D eigenvalue weighted by molar-refractivity contribution is -0.141. The molecule has 0 saturated carbocycles. The lowest BCUT2D eigenvalue weighted by Gasteiger charge is -2.30. The number of nitrogens with zero attached hydrogens (tertiary/aromatic N) is 2. The van der Waals surface area contributed by atoms with Crippen molar-refractivity contribution in [2.24, 2.45) is 0 Å². The van der Waals surface area contributed by atoms with Crippen molar-refractivity contribution in [2.75, 3.05) is 31.3 Å². The van der Waals surface area contributed by atoms with Crippen molar-refractivity contribution in [2.45, 2.75) is 38.8 Å². The SMILES string of the molecule is CCC(C(=O)NC)N(Cc1ccc(OC)cc1)C(=O)CCCN(c1ccc(F)cc1)S(C)(=O)=O. The second-order valence-corrected chi connectivity index (χ2v) is 9.73. The molecule has 2 aromatic rings. The number of carbonyl (C=O) groups is 2. The zero-order valence-electron chi connectivity index (χ0n) is 20.0. The Labute approximate surface area is 200 Å². The van der Waals surface area contributed by atoms with E-state index in [1.54, 1.807) is 19.2 Å². The average molecular weight is 494 g/mol. The van der Waals surface area contributed by atoms with E-state index in [2.05, 4.69) is 5.32 Å². The molecule has 1 N–H and O–H groups in total. The predicted molar refractivity (Wildman–Crippen MR) is 130 cm³/mol. The van der Waals surface area contributed by atoms with Gasteiger partial charge in [-0.3, -0.25) is 13.9 Å². The van der Waals surface area contributed by atoms with Crippen LogP contribution in [0.1, 0.15) is 31.7 Å². The number of likely N-dealkylation sites (N-methyl/N-ethyl adjacent to an activating group) is 1. The standard InChI is InChI=1S/C24H32FN3O5S/c1-5-22(24(30)26-2)27(17-18-8-14-21(33-3)15-9-18)23(29)7-6-16-28(34(4,31)32)20-12-10-19(25)11-13-20/h8-15,22H,5-7,16-17H2,1-4H3,(H,26,30). The van der Waals surface area contributed by atoms with E-state index >= 15 is 0 Å². The maximum Gasteiger partial charge on any atom is 0.242 e. The van der Waals surface area contributed by atoms with Gasteiger partial charge in [0.05, 0.1) is 19.1 Å². The van der Waals surface area contributed by atoms with Crippen LogP contribution in [0.2, 0.25) is 0 Å². The average Bonchev–Trinajstić information content (AvgIpc) is 2.81. The Bertz CT molecular complexity index is 1060. The number of halogens is 1. The minimum atomic E-state index is -3.63. The Kier molecular flexibility index (Phi) is 9.85. The summed E-state index contributed by atoms with van der Waals surface area (Å²) in [5, 5.41) is 2.60. The third-order valence-electron chi connectivity index (χ3n) is 5.41. The molecule has 0 aliphatic carbocycles. The summed E-state index contributed by atoms with van der Waals surface area (Å²) >= 11 is 0. The number of rotatable bonds is 12. The van der Waals surface area contributed by atoms with Gasteiger partial charge in [-0.25, -0.2) is 12.8 Å². The number of benzene rings is 2. The summed E-state index contributed by atoms with van der Waals surface area (Å²) in [6, 6.07) is 11.7. The third kappa shape index (κ3) is 7.44. The number of hydrogen-bond acceptors (Lipinski definition) is 5. The van der Waals surface area contributed by atoms with Gasteiger partial charge in [-0.2, -0.15) is 0 Å². The second kappa shape index (κ2) is 12.4. The van der Waals surface area contributed by atoms with E-state index < -0.39 is 21.9 Å². The highest BCUT2D eigenvalue weighted by molar-refractivity contribution is 7.92. The molecule has 8 nitrogen and oxygen atoms in total. The number of hydrogen-bond donors (Lipinski definition) is 1. The van der Waals surface area contributed by atoms with Gasteiger partial charge < -0.3 is 15.0 Å². The molecule has 0 spiro atoms. The first-order valence-electron chi connectivity index (χ1n) is 11.0. The lowest BCUT2D eigenvalue weighted by atomic mass is 10.1. The molecule has 0 heterocycles. The molecule has 2 rings (SSSR count). The van der Waals surface area contributed by atoms with Crippen molar-refractivity contribution in [1.82, 2.24) is 10.2 Å². The number of sulfonamides is 1. The molecule has 0 aliphatic rings. The predicted octanol–water partition coefficient (Wildman–Crippen LogP) is 2.93. The molecule has 1 atom stereocenters. The topological polar surface area (TPSA) is 96.0 Å². The summed E-state index contributed by atoms with van der Waals surface area (Å²) in [4.78, 5) is 27.2. The molecular formula is C24H32FN3O5S. The molecule has 186 valence electrons. The fraction of sp³-hybridized carbons (Fsp3) is 0.417. The van der Waals surface area contributed by atoms with Crippen molar-refractivity contribution >= 4 is 27.5 Å². The zero-order chi connectivity index (χ0) is 25.3. The van der Waals surface area contributed by atoms with Crippen LogP contribution in [0, 0.1) is 5.82 Å². The maximum absolute atomic E-state index is 13.3. The molecule has 1 unspecified atom stereocenters. The van der Waals surface area contributed by atoms with E-state index in [1.165, 1.54) is 36.2 Å². The van der Waals surface area contributed by atoms with Crippen LogP contribution in [0.15, 0.2) is 48.5 Å². The van der Waals surface area contributed by atoms with Crippen LogP contribution in [0.5, 0.6) is 5.75 Å². The fourth-order valence-electron chi connectivity index (χ4n) is 3.63. The molecule has 2 aromatic carbocycles. The van der Waals surface area contributed by atoms with Crippen LogP contribution in [0.3, 0.4) is 0 Å². The summed E-state index contributed by atoms with van der Waals surface area (Å²) in [5.41, 5.74) is 1.16. The van der Waals surface area contributed by atoms with Crippen LogP contribution in [0.4, 0.5) is 10.1 Å². The van der Waals surface area contributed by atoms with Gasteiger partial charge in [0.25, 0.3) is 0 Å². The molecule has 0 saturated heterocycles. The van der Waals surface area contributed by atoms with Crippen LogP contribution < -0.4 is 14.4 Å². The summed E-state index contributed by atoms with van der Waals surface area (Å²) < 4.78 is 44.1. The van der Waals surface area contributed by atoms with Gasteiger partial charge in [0.1, 0.15) is 17.6 Å². The summed E-state index contributed by atoms with van der Waals surface area (Å²) in [7, 11) is -0.546. The summed E-state index contributed by atoms with van der Waals surface area (Å²) in [6.45, 7) is 2.10. The van der Waals surface area contributed by atoms with Gasteiger partial charge in [0.2, 0.25) is 21.8 Å². The van der Waals surface area contributed by atoms with E-state index in [4.69, 9.17) is 4.74 Å². The summed E-state index contributed by atoms with van der Waals surface area (Å²) in [6.07, 6.45) is 1.75. The molecule has 0 fully saturated rings. The Hall–Kier alpha value is -3.14. The summed E-state index contributed by atoms with van der Waals surface area (Å²) in [5.74, 6) is -0.324. The minimum Gasteiger partial charge on any atom is -0.497 e. The van der Waals surface area contributed by atoms with Crippen molar-refractivity contribution in [3.63, 3.8) is 0 Å². The van der Waals surface area contributed by atoms with Crippen LogP contribution in [-0.2, 0) is 26.2 Å². The maximum atomic E-state index is 13.3. The first-order valence-corrected chi connectivity index (χ1v) is 12.8. The van der Waals surface area contributed by atoms with Crippen molar-refractivity contribution in [1.29, 1.82) is 0 Å². The number of methoxy groups -OCH3 is 1. The van der Waals surface area contributed by atoms with Crippen molar-refractivity contribution in [3.8, 4) is 5.75 Å².